The summed E-state index contributed by atoms with van der Waals surface area (Å²) in [5.74, 6) is 0.198. The lowest BCUT2D eigenvalue weighted by molar-refractivity contribution is -0.139. The number of thiophene rings is 1. The summed E-state index contributed by atoms with van der Waals surface area (Å²) < 4.78 is 0. The fraction of sp³-hybridized carbons (Fsp3) is 0.632. The van der Waals surface area contributed by atoms with Gasteiger partial charge in [-0.1, -0.05) is 6.07 Å². The zero-order valence-electron chi connectivity index (χ0n) is 14.9. The fourth-order valence-electron chi connectivity index (χ4n) is 4.49. The molecule has 1 atom stereocenters. The lowest BCUT2D eigenvalue weighted by Gasteiger charge is -2.42. The van der Waals surface area contributed by atoms with Gasteiger partial charge in [-0.3, -0.25) is 14.4 Å². The minimum absolute atomic E-state index is 0.0166. The second-order valence-corrected chi connectivity index (χ2v) is 8.71. The Morgan fingerprint density at radius 3 is 2.65 bits per heavy atom. The smallest absolute Gasteiger partial charge is 0.264 e. The van der Waals surface area contributed by atoms with E-state index in [-0.39, 0.29) is 29.2 Å². The highest BCUT2D eigenvalue weighted by atomic mass is 32.1. The second kappa shape index (κ2) is 7.02. The molecule has 1 spiro atoms. The molecule has 0 bridgehead atoms. The van der Waals surface area contributed by atoms with Crippen LogP contribution in [0.5, 0.6) is 0 Å². The minimum Gasteiger partial charge on any atom is -0.356 e. The molecule has 0 saturated carbocycles. The fourth-order valence-corrected chi connectivity index (χ4v) is 5.17. The van der Waals surface area contributed by atoms with Crippen molar-refractivity contribution >= 4 is 29.1 Å². The molecular weight excluding hydrogens is 350 g/mol. The summed E-state index contributed by atoms with van der Waals surface area (Å²) >= 11 is 1.43. The van der Waals surface area contributed by atoms with Gasteiger partial charge in [0.15, 0.2) is 0 Å². The van der Waals surface area contributed by atoms with Gasteiger partial charge in [0.1, 0.15) is 6.04 Å². The van der Waals surface area contributed by atoms with E-state index in [1.165, 1.54) is 11.3 Å². The summed E-state index contributed by atoms with van der Waals surface area (Å²) in [6.07, 6.45) is 5.00. The number of hydrogen-bond acceptors (Lipinski definition) is 4. The van der Waals surface area contributed by atoms with Crippen LogP contribution in [0.1, 0.15) is 48.2 Å². The summed E-state index contributed by atoms with van der Waals surface area (Å²) in [5, 5.41) is 4.83. The van der Waals surface area contributed by atoms with Gasteiger partial charge < -0.3 is 15.1 Å². The highest BCUT2D eigenvalue weighted by molar-refractivity contribution is 7.12. The molecule has 3 aliphatic heterocycles. The van der Waals surface area contributed by atoms with Gasteiger partial charge in [0.25, 0.3) is 5.91 Å². The number of carbonyl (C=O) groups is 3. The van der Waals surface area contributed by atoms with E-state index >= 15 is 0 Å². The summed E-state index contributed by atoms with van der Waals surface area (Å²) in [4.78, 5) is 42.0. The standard InChI is InChI=1S/C19H25N3O3S/c23-16-12-19(13-20-16)6-9-21(10-7-19)17(24)14-4-1-2-8-22(14)18(25)15-5-3-11-26-15/h3,5,11,14H,1-2,4,6-10,12-13H2,(H,20,23). The van der Waals surface area contributed by atoms with Crippen LogP contribution in [-0.4, -0.2) is 59.7 Å². The average Bonchev–Trinajstić information content (AvgIpc) is 3.32. The number of piperidine rings is 2. The second-order valence-electron chi connectivity index (χ2n) is 7.77. The molecule has 26 heavy (non-hydrogen) atoms. The van der Waals surface area contributed by atoms with Crippen molar-refractivity contribution in [1.82, 2.24) is 15.1 Å². The molecule has 140 valence electrons. The van der Waals surface area contributed by atoms with E-state index in [0.29, 0.717) is 30.9 Å². The van der Waals surface area contributed by atoms with E-state index in [1.807, 2.05) is 22.4 Å². The number of nitrogens with one attached hydrogen (secondary N) is 1. The lowest BCUT2D eigenvalue weighted by atomic mass is 9.77. The highest BCUT2D eigenvalue weighted by Crippen LogP contribution is 2.38. The number of carbonyl (C=O) groups excluding carboxylic acids is 3. The number of hydrogen-bond donors (Lipinski definition) is 1. The van der Waals surface area contributed by atoms with Crippen LogP contribution in [0.25, 0.3) is 0 Å². The van der Waals surface area contributed by atoms with Gasteiger partial charge in [-0.2, -0.15) is 0 Å². The van der Waals surface area contributed by atoms with Crippen molar-refractivity contribution in [2.24, 2.45) is 5.41 Å². The zero-order valence-corrected chi connectivity index (χ0v) is 15.7. The third-order valence-corrected chi connectivity index (χ3v) is 6.97. The van der Waals surface area contributed by atoms with Crippen LogP contribution in [0.3, 0.4) is 0 Å². The van der Waals surface area contributed by atoms with Gasteiger partial charge in [0.05, 0.1) is 4.88 Å². The van der Waals surface area contributed by atoms with Crippen molar-refractivity contribution in [2.45, 2.75) is 44.6 Å². The predicted molar refractivity (Wildman–Crippen MR) is 98.9 cm³/mol. The first-order valence-electron chi connectivity index (χ1n) is 9.48. The molecule has 0 radical (unpaired) electrons. The highest BCUT2D eigenvalue weighted by Gasteiger charge is 2.43. The van der Waals surface area contributed by atoms with E-state index in [4.69, 9.17) is 0 Å². The molecule has 1 aromatic rings. The molecule has 7 heteroatoms. The zero-order chi connectivity index (χ0) is 18.1. The van der Waals surface area contributed by atoms with Gasteiger partial charge in [-0.05, 0) is 49.0 Å². The Labute approximate surface area is 157 Å². The molecule has 1 N–H and O–H groups in total. The van der Waals surface area contributed by atoms with Gasteiger partial charge in [-0.25, -0.2) is 0 Å². The van der Waals surface area contributed by atoms with Crippen LogP contribution in [0.4, 0.5) is 0 Å². The van der Waals surface area contributed by atoms with Crippen LogP contribution in [0.15, 0.2) is 17.5 Å². The van der Waals surface area contributed by atoms with Crippen molar-refractivity contribution in [3.05, 3.63) is 22.4 Å². The van der Waals surface area contributed by atoms with Gasteiger partial charge in [0, 0.05) is 32.6 Å². The van der Waals surface area contributed by atoms with Gasteiger partial charge in [-0.15, -0.1) is 11.3 Å². The van der Waals surface area contributed by atoms with Crippen LogP contribution in [0.2, 0.25) is 0 Å². The minimum atomic E-state index is -0.337. The van der Waals surface area contributed by atoms with E-state index in [0.717, 1.165) is 38.6 Å². The monoisotopic (exact) mass is 375 g/mol. The Kier molecular flexibility index (Phi) is 4.73. The third kappa shape index (κ3) is 3.24. The molecule has 3 saturated heterocycles. The predicted octanol–water partition coefficient (Wildman–Crippen LogP) is 1.87. The normalized spacial score (nSPS) is 25.4. The Hall–Kier alpha value is -1.89. The summed E-state index contributed by atoms with van der Waals surface area (Å²) in [5.41, 5.74) is 0.0346. The summed E-state index contributed by atoms with van der Waals surface area (Å²) in [7, 11) is 0. The number of likely N-dealkylation sites (tertiary alicyclic amines) is 2. The molecule has 6 nitrogen and oxygen atoms in total. The van der Waals surface area contributed by atoms with Crippen LogP contribution >= 0.6 is 11.3 Å². The van der Waals surface area contributed by atoms with Crippen molar-refractivity contribution in [2.75, 3.05) is 26.2 Å². The molecule has 1 unspecified atom stereocenters. The largest absolute Gasteiger partial charge is 0.356 e. The molecule has 3 fully saturated rings. The lowest BCUT2D eigenvalue weighted by Crippen LogP contribution is -2.55. The van der Waals surface area contributed by atoms with Crippen molar-refractivity contribution in [3.8, 4) is 0 Å². The maximum Gasteiger partial charge on any atom is 0.264 e. The third-order valence-electron chi connectivity index (χ3n) is 6.11. The Bertz CT molecular complexity index is 695. The average molecular weight is 375 g/mol. The molecule has 3 amide bonds. The summed E-state index contributed by atoms with van der Waals surface area (Å²) in [6.45, 7) is 2.76. The molecule has 1 aromatic heterocycles. The Balaban J connectivity index is 1.43. The SMILES string of the molecule is O=C1CC2(CCN(C(=O)C3CCCCN3C(=O)c3cccs3)CC2)CN1. The Morgan fingerprint density at radius 1 is 1.19 bits per heavy atom. The quantitative estimate of drug-likeness (QED) is 0.858. The van der Waals surface area contributed by atoms with E-state index in [2.05, 4.69) is 5.32 Å². The molecule has 0 aromatic carbocycles. The van der Waals surface area contributed by atoms with Gasteiger partial charge in [0.2, 0.25) is 11.8 Å². The van der Waals surface area contributed by atoms with E-state index < -0.39 is 0 Å². The first-order chi connectivity index (χ1) is 12.6. The molecule has 3 aliphatic rings. The van der Waals surface area contributed by atoms with E-state index in [9.17, 15) is 14.4 Å². The topological polar surface area (TPSA) is 69.7 Å². The van der Waals surface area contributed by atoms with E-state index in [1.54, 1.807) is 4.90 Å². The molecular formula is C19H25N3O3S. The van der Waals surface area contributed by atoms with Gasteiger partial charge >= 0.3 is 0 Å². The number of rotatable bonds is 2. The Morgan fingerprint density at radius 2 is 2.00 bits per heavy atom. The van der Waals surface area contributed by atoms with Crippen LogP contribution < -0.4 is 5.32 Å². The first kappa shape index (κ1) is 17.5. The molecule has 0 aliphatic carbocycles. The van der Waals surface area contributed by atoms with Crippen LogP contribution in [0, 0.1) is 5.41 Å². The first-order valence-corrected chi connectivity index (χ1v) is 10.4. The molecule has 4 rings (SSSR count). The number of nitrogens with zero attached hydrogens (tertiary/aromatic N) is 2. The number of amides is 3. The maximum atomic E-state index is 13.2. The van der Waals surface area contributed by atoms with Crippen molar-refractivity contribution < 1.29 is 14.4 Å². The summed E-state index contributed by atoms with van der Waals surface area (Å²) in [6, 6.07) is 3.37. The van der Waals surface area contributed by atoms with Crippen LogP contribution in [-0.2, 0) is 9.59 Å². The molecule has 4 heterocycles. The maximum absolute atomic E-state index is 13.2. The van der Waals surface area contributed by atoms with Crippen molar-refractivity contribution in [3.63, 3.8) is 0 Å². The van der Waals surface area contributed by atoms with Crippen molar-refractivity contribution in [1.29, 1.82) is 0 Å².